The minimum Gasteiger partial charge on any atom is -0.464 e. The van der Waals surface area contributed by atoms with Gasteiger partial charge in [-0.15, -0.1) is 0 Å². The third-order valence-electron chi connectivity index (χ3n) is 6.48. The highest BCUT2D eigenvalue weighted by atomic mass is 16.3. The highest BCUT2D eigenvalue weighted by Gasteiger charge is 2.28. The average Bonchev–Trinajstić information content (AvgIpc) is 3.31. The molecular formula is C23H32N2O2. The summed E-state index contributed by atoms with van der Waals surface area (Å²) in [5.74, 6) is 0.710. The molecule has 27 heavy (non-hydrogen) atoms. The second-order valence-electron chi connectivity index (χ2n) is 8.65. The maximum atomic E-state index is 12.9. The van der Waals surface area contributed by atoms with Crippen LogP contribution in [0.15, 0.2) is 22.8 Å². The van der Waals surface area contributed by atoms with Gasteiger partial charge in [0.15, 0.2) is 0 Å². The van der Waals surface area contributed by atoms with Crippen LogP contribution >= 0.6 is 0 Å². The van der Waals surface area contributed by atoms with Gasteiger partial charge in [0.25, 0.3) is 0 Å². The monoisotopic (exact) mass is 368 g/mol. The minimum absolute atomic E-state index is 0.240. The van der Waals surface area contributed by atoms with E-state index < -0.39 is 0 Å². The molecule has 1 amide bonds. The highest BCUT2D eigenvalue weighted by molar-refractivity contribution is 5.88. The summed E-state index contributed by atoms with van der Waals surface area (Å²) < 4.78 is 5.76. The Morgan fingerprint density at radius 1 is 1.15 bits per heavy atom. The van der Waals surface area contributed by atoms with Crippen molar-refractivity contribution in [1.82, 2.24) is 9.80 Å². The van der Waals surface area contributed by atoms with Crippen LogP contribution < -0.4 is 0 Å². The number of likely N-dealkylation sites (tertiary alicyclic amines) is 2. The van der Waals surface area contributed by atoms with Gasteiger partial charge in [-0.2, -0.15) is 0 Å². The Bertz CT molecular complexity index is 809. The molecule has 4 heteroatoms. The number of furan rings is 1. The third-order valence-corrected chi connectivity index (χ3v) is 6.48. The Morgan fingerprint density at radius 2 is 1.85 bits per heavy atom. The number of piperidine rings is 1. The number of benzene rings is 1. The quantitative estimate of drug-likeness (QED) is 0.798. The fraction of sp³-hybridized carbons (Fsp3) is 0.609. The average molecular weight is 369 g/mol. The van der Waals surface area contributed by atoms with Crippen molar-refractivity contribution in [2.75, 3.05) is 26.2 Å². The molecule has 2 aromatic rings. The van der Waals surface area contributed by atoms with Crippen molar-refractivity contribution in [2.45, 2.75) is 64.8 Å². The maximum Gasteiger partial charge on any atom is 0.227 e. The second-order valence-corrected chi connectivity index (χ2v) is 8.65. The molecule has 3 heterocycles. The van der Waals surface area contributed by atoms with Crippen LogP contribution in [0.1, 0.15) is 62.1 Å². The molecule has 0 atom stereocenters. The zero-order valence-corrected chi connectivity index (χ0v) is 17.0. The van der Waals surface area contributed by atoms with E-state index in [2.05, 4.69) is 42.7 Å². The van der Waals surface area contributed by atoms with E-state index in [9.17, 15) is 4.79 Å². The number of fused-ring (bicyclic) bond motifs is 1. The largest absolute Gasteiger partial charge is 0.464 e. The van der Waals surface area contributed by atoms with Gasteiger partial charge < -0.3 is 14.2 Å². The first-order valence-corrected chi connectivity index (χ1v) is 10.6. The van der Waals surface area contributed by atoms with Gasteiger partial charge in [0.05, 0.1) is 12.7 Å². The van der Waals surface area contributed by atoms with E-state index in [4.69, 9.17) is 4.42 Å². The van der Waals surface area contributed by atoms with Gasteiger partial charge in [0.1, 0.15) is 5.58 Å². The van der Waals surface area contributed by atoms with Gasteiger partial charge in [-0.25, -0.2) is 0 Å². The predicted octanol–water partition coefficient (Wildman–Crippen LogP) is 4.49. The lowest BCUT2D eigenvalue weighted by Gasteiger charge is -2.36. The Balaban J connectivity index is 1.43. The Morgan fingerprint density at radius 3 is 2.52 bits per heavy atom. The van der Waals surface area contributed by atoms with Crippen LogP contribution in [-0.4, -0.2) is 47.9 Å². The lowest BCUT2D eigenvalue weighted by Crippen LogP contribution is -2.46. The first-order valence-electron chi connectivity index (χ1n) is 10.6. The molecule has 0 spiro atoms. The van der Waals surface area contributed by atoms with Crippen LogP contribution in [0.4, 0.5) is 0 Å². The topological polar surface area (TPSA) is 36.7 Å². The van der Waals surface area contributed by atoms with E-state index >= 15 is 0 Å². The summed E-state index contributed by atoms with van der Waals surface area (Å²) >= 11 is 0. The van der Waals surface area contributed by atoms with Crippen molar-refractivity contribution in [2.24, 2.45) is 0 Å². The van der Waals surface area contributed by atoms with Crippen molar-refractivity contribution in [3.8, 4) is 0 Å². The van der Waals surface area contributed by atoms with E-state index in [0.717, 1.165) is 42.5 Å². The predicted molar refractivity (Wildman–Crippen MR) is 109 cm³/mol. The molecule has 0 radical (unpaired) electrons. The summed E-state index contributed by atoms with van der Waals surface area (Å²) in [5.41, 5.74) is 4.52. The molecule has 2 fully saturated rings. The number of carbonyl (C=O) groups is 1. The Labute approximate surface area is 162 Å². The lowest BCUT2D eigenvalue weighted by molar-refractivity contribution is -0.132. The number of hydrogen-bond donors (Lipinski definition) is 0. The summed E-state index contributed by atoms with van der Waals surface area (Å²) in [6.45, 7) is 10.8. The summed E-state index contributed by atoms with van der Waals surface area (Å²) in [7, 11) is 0. The van der Waals surface area contributed by atoms with Crippen molar-refractivity contribution in [3.63, 3.8) is 0 Å². The minimum atomic E-state index is 0.240. The van der Waals surface area contributed by atoms with Crippen LogP contribution in [0.25, 0.3) is 11.0 Å². The number of hydrogen-bond acceptors (Lipinski definition) is 3. The molecule has 0 bridgehead atoms. The van der Waals surface area contributed by atoms with Crippen LogP contribution in [0.5, 0.6) is 0 Å². The molecule has 0 saturated carbocycles. The molecule has 146 valence electrons. The summed E-state index contributed by atoms with van der Waals surface area (Å²) in [4.78, 5) is 17.6. The summed E-state index contributed by atoms with van der Waals surface area (Å²) in [6, 6.07) is 5.02. The Hall–Kier alpha value is -1.81. The lowest BCUT2D eigenvalue weighted by atomic mass is 9.95. The molecule has 1 aromatic carbocycles. The summed E-state index contributed by atoms with van der Waals surface area (Å²) in [6.07, 6.45) is 7.14. The molecule has 2 saturated heterocycles. The first-order chi connectivity index (χ1) is 13.0. The van der Waals surface area contributed by atoms with E-state index in [0.29, 0.717) is 18.4 Å². The number of carbonyl (C=O) groups excluding carboxylic acids is 1. The fourth-order valence-corrected chi connectivity index (χ4v) is 4.87. The molecule has 2 aliphatic heterocycles. The number of aryl methyl sites for hydroxylation is 1. The fourth-order valence-electron chi connectivity index (χ4n) is 4.87. The molecule has 2 aliphatic rings. The van der Waals surface area contributed by atoms with Gasteiger partial charge in [-0.1, -0.05) is 13.8 Å². The van der Waals surface area contributed by atoms with Gasteiger partial charge in [0, 0.05) is 30.1 Å². The SMILES string of the molecule is Cc1cc2occ(CC(=O)N3CCC(N4CCCC4)CC3)c2cc1C(C)C. The maximum absolute atomic E-state index is 12.9. The van der Waals surface area contributed by atoms with E-state index in [1.807, 2.05) is 0 Å². The highest BCUT2D eigenvalue weighted by Crippen LogP contribution is 2.30. The van der Waals surface area contributed by atoms with Gasteiger partial charge >= 0.3 is 0 Å². The molecule has 4 rings (SSSR count). The van der Waals surface area contributed by atoms with Crippen molar-refractivity contribution in [3.05, 3.63) is 35.1 Å². The molecule has 0 unspecified atom stereocenters. The van der Waals surface area contributed by atoms with Crippen LogP contribution in [-0.2, 0) is 11.2 Å². The Kier molecular flexibility index (Phi) is 5.27. The number of rotatable bonds is 4. The standard InChI is InChI=1S/C23H32N2O2/c1-16(2)20-14-21-18(15-27-22(21)12-17(20)3)13-23(26)25-10-6-19(7-11-25)24-8-4-5-9-24/h12,14-16,19H,4-11,13H2,1-3H3. The van der Waals surface area contributed by atoms with Gasteiger partial charge in [-0.3, -0.25) is 4.79 Å². The third kappa shape index (κ3) is 3.77. The summed E-state index contributed by atoms with van der Waals surface area (Å²) in [5, 5.41) is 1.10. The molecule has 1 aromatic heterocycles. The van der Waals surface area contributed by atoms with E-state index in [1.165, 1.54) is 37.1 Å². The zero-order chi connectivity index (χ0) is 19.0. The van der Waals surface area contributed by atoms with Crippen molar-refractivity contribution >= 4 is 16.9 Å². The molecule has 0 aliphatic carbocycles. The normalized spacial score (nSPS) is 19.5. The van der Waals surface area contributed by atoms with Gasteiger partial charge in [0.2, 0.25) is 5.91 Å². The van der Waals surface area contributed by atoms with Crippen LogP contribution in [0.3, 0.4) is 0 Å². The smallest absolute Gasteiger partial charge is 0.227 e. The number of nitrogens with zero attached hydrogens (tertiary/aromatic N) is 2. The van der Waals surface area contributed by atoms with Crippen LogP contribution in [0, 0.1) is 6.92 Å². The van der Waals surface area contributed by atoms with E-state index in [-0.39, 0.29) is 5.91 Å². The zero-order valence-electron chi connectivity index (χ0n) is 17.0. The molecular weight excluding hydrogens is 336 g/mol. The van der Waals surface area contributed by atoms with Crippen LogP contribution in [0.2, 0.25) is 0 Å². The van der Waals surface area contributed by atoms with Crippen molar-refractivity contribution < 1.29 is 9.21 Å². The molecule has 0 N–H and O–H groups in total. The first kappa shape index (κ1) is 18.5. The van der Waals surface area contributed by atoms with E-state index in [1.54, 1.807) is 6.26 Å². The number of amides is 1. The van der Waals surface area contributed by atoms with Crippen molar-refractivity contribution in [1.29, 1.82) is 0 Å². The molecule has 4 nitrogen and oxygen atoms in total. The second kappa shape index (κ2) is 7.67. The van der Waals surface area contributed by atoms with Gasteiger partial charge in [-0.05, 0) is 74.9 Å².